The maximum atomic E-state index is 13.7. The van der Waals surface area contributed by atoms with E-state index in [1.165, 1.54) is 12.0 Å². The maximum absolute atomic E-state index is 13.7. The molecule has 2 amide bonds. The van der Waals surface area contributed by atoms with Crippen LogP contribution in [0.2, 0.25) is 5.02 Å². The molecule has 32 heavy (non-hydrogen) atoms. The van der Waals surface area contributed by atoms with Crippen molar-refractivity contribution in [1.82, 2.24) is 0 Å². The highest BCUT2D eigenvalue weighted by Crippen LogP contribution is 2.39. The van der Waals surface area contributed by atoms with Gasteiger partial charge in [-0.2, -0.15) is 0 Å². The number of anilines is 2. The van der Waals surface area contributed by atoms with E-state index in [-0.39, 0.29) is 5.70 Å². The first-order valence-corrected chi connectivity index (χ1v) is 10.6. The lowest BCUT2D eigenvalue weighted by atomic mass is 10.0. The van der Waals surface area contributed by atoms with Gasteiger partial charge < -0.3 is 10.1 Å². The Balaban J connectivity index is 1.88. The van der Waals surface area contributed by atoms with Crippen molar-refractivity contribution in [1.29, 1.82) is 0 Å². The second-order valence-electron chi connectivity index (χ2n) is 7.77. The van der Waals surface area contributed by atoms with Crippen molar-refractivity contribution in [3.63, 3.8) is 0 Å². The summed E-state index contributed by atoms with van der Waals surface area (Å²) in [5.74, 6) is -0.417. The van der Waals surface area contributed by atoms with Crippen molar-refractivity contribution < 1.29 is 14.3 Å². The fourth-order valence-electron chi connectivity index (χ4n) is 3.70. The number of nitrogens with zero attached hydrogens (tertiary/aromatic N) is 1. The highest BCUT2D eigenvalue weighted by molar-refractivity contribution is 6.46. The Morgan fingerprint density at radius 1 is 0.875 bits per heavy atom. The first-order valence-electron chi connectivity index (χ1n) is 10.2. The summed E-state index contributed by atoms with van der Waals surface area (Å²) in [6.45, 7) is 5.73. The van der Waals surface area contributed by atoms with Gasteiger partial charge in [0.25, 0.3) is 11.8 Å². The van der Waals surface area contributed by atoms with Crippen LogP contribution in [-0.2, 0) is 9.59 Å². The van der Waals surface area contributed by atoms with Gasteiger partial charge in [-0.05, 0) is 61.7 Å². The molecule has 3 aromatic carbocycles. The predicted octanol–water partition coefficient (Wildman–Crippen LogP) is 5.67. The third kappa shape index (κ3) is 3.76. The number of amides is 2. The van der Waals surface area contributed by atoms with Gasteiger partial charge in [0.2, 0.25) is 0 Å². The lowest BCUT2D eigenvalue weighted by Crippen LogP contribution is -2.32. The van der Waals surface area contributed by atoms with Crippen LogP contribution in [0, 0.1) is 20.8 Å². The molecule has 0 fully saturated rings. The first-order chi connectivity index (χ1) is 15.3. The Morgan fingerprint density at radius 2 is 1.56 bits per heavy atom. The number of imide groups is 1. The van der Waals surface area contributed by atoms with Gasteiger partial charge in [0.05, 0.1) is 18.4 Å². The standard InChI is InChI=1S/C26H23ClN2O3/c1-15-8-11-18(12-9-15)23-24(28-20-7-5-6-19(27)17(20)3)26(31)29(25(23)30)21-14-16(2)10-13-22(21)32-4/h5-14,28H,1-4H3. The van der Waals surface area contributed by atoms with E-state index >= 15 is 0 Å². The molecule has 1 heterocycles. The molecule has 162 valence electrons. The highest BCUT2D eigenvalue weighted by Gasteiger charge is 2.41. The third-order valence-electron chi connectivity index (χ3n) is 5.53. The maximum Gasteiger partial charge on any atom is 0.282 e. The van der Waals surface area contributed by atoms with Gasteiger partial charge in [-0.15, -0.1) is 0 Å². The van der Waals surface area contributed by atoms with Crippen molar-refractivity contribution in [3.05, 3.63) is 93.6 Å². The molecule has 0 unspecified atom stereocenters. The fourth-order valence-corrected chi connectivity index (χ4v) is 3.88. The number of benzene rings is 3. The first kappa shape index (κ1) is 21.7. The van der Waals surface area contributed by atoms with Gasteiger partial charge in [0, 0.05) is 10.7 Å². The smallest absolute Gasteiger partial charge is 0.282 e. The molecule has 6 heteroatoms. The largest absolute Gasteiger partial charge is 0.495 e. The van der Waals surface area contributed by atoms with E-state index in [0.29, 0.717) is 33.3 Å². The number of carbonyl (C=O) groups is 2. The Hall–Kier alpha value is -3.57. The van der Waals surface area contributed by atoms with E-state index < -0.39 is 11.8 Å². The predicted molar refractivity (Wildman–Crippen MR) is 128 cm³/mol. The minimum absolute atomic E-state index is 0.202. The van der Waals surface area contributed by atoms with Gasteiger partial charge in [-0.25, -0.2) is 4.90 Å². The average Bonchev–Trinajstić information content (AvgIpc) is 3.01. The summed E-state index contributed by atoms with van der Waals surface area (Å²) in [6, 6.07) is 18.3. The van der Waals surface area contributed by atoms with Crippen LogP contribution in [0.25, 0.3) is 5.57 Å². The number of hydrogen-bond acceptors (Lipinski definition) is 4. The summed E-state index contributed by atoms with van der Waals surface area (Å²) in [4.78, 5) is 28.5. The third-order valence-corrected chi connectivity index (χ3v) is 5.94. The SMILES string of the molecule is COc1ccc(C)cc1N1C(=O)C(Nc2cccc(Cl)c2C)=C(c2ccc(C)cc2)C1=O. The number of aryl methyl sites for hydroxylation is 2. The van der Waals surface area contributed by atoms with E-state index in [2.05, 4.69) is 5.32 Å². The summed E-state index contributed by atoms with van der Waals surface area (Å²) in [5, 5.41) is 3.76. The molecule has 5 nitrogen and oxygen atoms in total. The minimum Gasteiger partial charge on any atom is -0.495 e. The lowest BCUT2D eigenvalue weighted by Gasteiger charge is -2.19. The molecule has 0 aliphatic carbocycles. The molecule has 0 atom stereocenters. The van der Waals surface area contributed by atoms with Crippen molar-refractivity contribution in [2.75, 3.05) is 17.3 Å². The van der Waals surface area contributed by atoms with E-state index in [4.69, 9.17) is 16.3 Å². The lowest BCUT2D eigenvalue weighted by molar-refractivity contribution is -0.120. The molecule has 0 aromatic heterocycles. The van der Waals surface area contributed by atoms with E-state index in [1.54, 1.807) is 24.3 Å². The number of hydrogen-bond donors (Lipinski definition) is 1. The average molecular weight is 447 g/mol. The monoisotopic (exact) mass is 446 g/mol. The summed E-state index contributed by atoms with van der Waals surface area (Å²) >= 11 is 6.28. The molecule has 3 aromatic rings. The highest BCUT2D eigenvalue weighted by atomic mass is 35.5. The Kier molecular flexibility index (Phi) is 5.76. The van der Waals surface area contributed by atoms with Crippen molar-refractivity contribution in [3.8, 4) is 5.75 Å². The molecule has 1 aliphatic heterocycles. The zero-order valence-corrected chi connectivity index (χ0v) is 19.1. The Bertz CT molecular complexity index is 1260. The normalized spacial score (nSPS) is 13.7. The van der Waals surface area contributed by atoms with Gasteiger partial charge in [0.1, 0.15) is 11.4 Å². The topological polar surface area (TPSA) is 58.6 Å². The molecular formula is C26H23ClN2O3. The molecule has 0 saturated heterocycles. The van der Waals surface area contributed by atoms with Crippen LogP contribution < -0.4 is 15.0 Å². The zero-order valence-electron chi connectivity index (χ0n) is 18.3. The van der Waals surface area contributed by atoms with Gasteiger partial charge in [-0.1, -0.05) is 53.6 Å². The number of methoxy groups -OCH3 is 1. The van der Waals surface area contributed by atoms with E-state index in [1.807, 2.05) is 57.2 Å². The van der Waals surface area contributed by atoms with Crippen molar-refractivity contribution >= 4 is 40.4 Å². The number of ether oxygens (including phenoxy) is 1. The number of rotatable bonds is 5. The van der Waals surface area contributed by atoms with Crippen LogP contribution in [-0.4, -0.2) is 18.9 Å². The summed E-state index contributed by atoms with van der Waals surface area (Å²) < 4.78 is 5.45. The van der Waals surface area contributed by atoms with Crippen LogP contribution in [0.1, 0.15) is 22.3 Å². The fraction of sp³-hybridized carbons (Fsp3) is 0.154. The second-order valence-corrected chi connectivity index (χ2v) is 8.18. The molecule has 0 bridgehead atoms. The van der Waals surface area contributed by atoms with E-state index in [0.717, 1.165) is 16.7 Å². The Labute approximate surface area is 192 Å². The van der Waals surface area contributed by atoms with Crippen LogP contribution in [0.5, 0.6) is 5.75 Å². The number of carbonyl (C=O) groups excluding carboxylic acids is 2. The van der Waals surface area contributed by atoms with Gasteiger partial charge in [-0.3, -0.25) is 9.59 Å². The van der Waals surface area contributed by atoms with Gasteiger partial charge >= 0.3 is 0 Å². The Morgan fingerprint density at radius 3 is 2.25 bits per heavy atom. The van der Waals surface area contributed by atoms with Crippen LogP contribution in [0.4, 0.5) is 11.4 Å². The van der Waals surface area contributed by atoms with Crippen LogP contribution in [0.3, 0.4) is 0 Å². The minimum atomic E-state index is -0.450. The zero-order chi connectivity index (χ0) is 23.0. The molecule has 1 aliphatic rings. The molecule has 4 rings (SSSR count). The molecule has 0 spiro atoms. The van der Waals surface area contributed by atoms with Crippen LogP contribution in [0.15, 0.2) is 66.4 Å². The summed E-state index contributed by atoms with van der Waals surface area (Å²) in [5.41, 5.74) is 4.99. The molecular weight excluding hydrogens is 424 g/mol. The second kappa shape index (κ2) is 8.52. The van der Waals surface area contributed by atoms with Crippen LogP contribution >= 0.6 is 11.6 Å². The number of nitrogens with one attached hydrogen (secondary N) is 1. The van der Waals surface area contributed by atoms with Crippen molar-refractivity contribution in [2.24, 2.45) is 0 Å². The van der Waals surface area contributed by atoms with Crippen molar-refractivity contribution in [2.45, 2.75) is 20.8 Å². The number of halogens is 1. The molecule has 0 radical (unpaired) electrons. The molecule has 0 saturated carbocycles. The van der Waals surface area contributed by atoms with E-state index in [9.17, 15) is 9.59 Å². The quantitative estimate of drug-likeness (QED) is 0.513. The summed E-state index contributed by atoms with van der Waals surface area (Å²) in [7, 11) is 1.52. The summed E-state index contributed by atoms with van der Waals surface area (Å²) in [6.07, 6.45) is 0. The van der Waals surface area contributed by atoms with Gasteiger partial charge in [0.15, 0.2) is 0 Å². The molecule has 1 N–H and O–H groups in total.